The molecule has 0 saturated heterocycles. The Morgan fingerprint density at radius 3 is 2.87 bits per heavy atom. The Balaban J connectivity index is 2.52. The molecule has 2 atom stereocenters. The van der Waals surface area contributed by atoms with Crippen molar-refractivity contribution in [2.75, 3.05) is 0 Å². The van der Waals surface area contributed by atoms with Gasteiger partial charge in [0.15, 0.2) is 0 Å². The van der Waals surface area contributed by atoms with Gasteiger partial charge in [0.1, 0.15) is 5.78 Å². The summed E-state index contributed by atoms with van der Waals surface area (Å²) >= 11 is 0. The number of carbonyl (C=O) groups excluding carboxylic acids is 1. The Bertz CT molecular complexity index is 268. The van der Waals surface area contributed by atoms with Crippen molar-refractivity contribution in [3.8, 4) is 0 Å². The molecule has 0 amide bonds. The lowest BCUT2D eigenvalue weighted by molar-refractivity contribution is -0.138. The molecule has 1 aliphatic carbocycles. The van der Waals surface area contributed by atoms with Gasteiger partial charge in [-0.2, -0.15) is 0 Å². The fourth-order valence-electron chi connectivity index (χ4n) is 2.07. The molecule has 84 valence electrons. The predicted octanol–water partition coefficient (Wildman–Crippen LogP) is 2.41. The molecule has 1 fully saturated rings. The molecule has 15 heavy (non-hydrogen) atoms. The predicted molar refractivity (Wildman–Crippen MR) is 57.5 cm³/mol. The highest BCUT2D eigenvalue weighted by atomic mass is 16.4. The zero-order valence-electron chi connectivity index (χ0n) is 9.11. The fraction of sp³-hybridized carbons (Fsp3) is 0.667. The minimum absolute atomic E-state index is 0.0168. The molecule has 3 nitrogen and oxygen atoms in total. The first-order chi connectivity index (χ1) is 7.13. The van der Waals surface area contributed by atoms with E-state index in [1.165, 1.54) is 0 Å². The molecule has 0 bridgehead atoms. The van der Waals surface area contributed by atoms with Gasteiger partial charge in [-0.05, 0) is 18.3 Å². The topological polar surface area (TPSA) is 54.4 Å². The summed E-state index contributed by atoms with van der Waals surface area (Å²) in [6.45, 7) is 2.10. The Morgan fingerprint density at radius 1 is 1.53 bits per heavy atom. The van der Waals surface area contributed by atoms with E-state index in [2.05, 4.69) is 13.0 Å². The first-order valence-electron chi connectivity index (χ1n) is 5.53. The molecule has 0 aromatic carbocycles. The van der Waals surface area contributed by atoms with Gasteiger partial charge in [-0.1, -0.05) is 25.5 Å². The molecule has 1 aliphatic rings. The van der Waals surface area contributed by atoms with Crippen molar-refractivity contribution in [1.82, 2.24) is 0 Å². The molecule has 1 rings (SSSR count). The van der Waals surface area contributed by atoms with Crippen LogP contribution in [0, 0.1) is 11.8 Å². The second-order valence-corrected chi connectivity index (χ2v) is 4.19. The van der Waals surface area contributed by atoms with E-state index in [1.54, 1.807) is 0 Å². The normalized spacial score (nSPS) is 26.3. The van der Waals surface area contributed by atoms with Gasteiger partial charge in [-0.15, -0.1) is 0 Å². The average Bonchev–Trinajstić information content (AvgIpc) is 2.46. The van der Waals surface area contributed by atoms with E-state index < -0.39 is 5.97 Å². The van der Waals surface area contributed by atoms with Crippen molar-refractivity contribution in [2.45, 2.75) is 39.0 Å². The molecule has 0 heterocycles. The van der Waals surface area contributed by atoms with E-state index >= 15 is 0 Å². The lowest BCUT2D eigenvalue weighted by Crippen LogP contribution is -2.10. The van der Waals surface area contributed by atoms with Crippen molar-refractivity contribution < 1.29 is 14.7 Å². The first kappa shape index (κ1) is 12.0. The molecular weight excluding hydrogens is 192 g/mol. The van der Waals surface area contributed by atoms with Crippen LogP contribution in [0.2, 0.25) is 0 Å². The zero-order valence-corrected chi connectivity index (χ0v) is 9.11. The maximum atomic E-state index is 11.3. The number of ketones is 1. The maximum Gasteiger partial charge on any atom is 0.303 e. The number of unbranched alkanes of at least 4 members (excludes halogenated alkanes) is 1. The van der Waals surface area contributed by atoms with Gasteiger partial charge in [0.2, 0.25) is 0 Å². The number of carboxylic acid groups (broad SMARTS) is 1. The van der Waals surface area contributed by atoms with Crippen LogP contribution < -0.4 is 0 Å². The Morgan fingerprint density at radius 2 is 2.27 bits per heavy atom. The van der Waals surface area contributed by atoms with E-state index in [0.29, 0.717) is 12.8 Å². The van der Waals surface area contributed by atoms with Gasteiger partial charge < -0.3 is 5.11 Å². The second kappa shape index (κ2) is 5.69. The van der Waals surface area contributed by atoms with E-state index in [-0.39, 0.29) is 24.0 Å². The first-order valence-corrected chi connectivity index (χ1v) is 5.53. The number of allylic oxidation sites excluding steroid dienone is 2. The summed E-state index contributed by atoms with van der Waals surface area (Å²) in [6.07, 6.45) is 7.27. The summed E-state index contributed by atoms with van der Waals surface area (Å²) in [5, 5.41) is 8.71. The number of Topliss-reactive ketones (excluding diaryl/α,β-unsaturated/α-hetero) is 1. The van der Waals surface area contributed by atoms with Crippen molar-refractivity contribution >= 4 is 11.8 Å². The highest BCUT2D eigenvalue weighted by Gasteiger charge is 2.32. The van der Waals surface area contributed by atoms with E-state index in [9.17, 15) is 9.59 Å². The van der Waals surface area contributed by atoms with E-state index in [1.807, 2.05) is 6.08 Å². The summed E-state index contributed by atoms with van der Waals surface area (Å²) in [6, 6.07) is 0. The van der Waals surface area contributed by atoms with Gasteiger partial charge in [0.05, 0.1) is 0 Å². The molecule has 1 N–H and O–H groups in total. The lowest BCUT2D eigenvalue weighted by Gasteiger charge is -2.12. The van der Waals surface area contributed by atoms with Crippen LogP contribution in [0.1, 0.15) is 39.0 Å². The monoisotopic (exact) mass is 210 g/mol. The van der Waals surface area contributed by atoms with Crippen LogP contribution in [0.5, 0.6) is 0 Å². The highest BCUT2D eigenvalue weighted by Crippen LogP contribution is 2.32. The van der Waals surface area contributed by atoms with Crippen LogP contribution in [0.4, 0.5) is 0 Å². The van der Waals surface area contributed by atoms with Gasteiger partial charge >= 0.3 is 5.97 Å². The van der Waals surface area contributed by atoms with E-state index in [4.69, 9.17) is 5.11 Å². The molecule has 2 unspecified atom stereocenters. The summed E-state index contributed by atoms with van der Waals surface area (Å²) in [4.78, 5) is 21.9. The number of rotatable bonds is 5. The highest BCUT2D eigenvalue weighted by molar-refractivity contribution is 5.82. The Hall–Kier alpha value is -1.12. The summed E-state index contributed by atoms with van der Waals surface area (Å²) in [7, 11) is 0. The van der Waals surface area contributed by atoms with Gasteiger partial charge in [-0.3, -0.25) is 9.59 Å². The fourth-order valence-corrected chi connectivity index (χ4v) is 2.07. The van der Waals surface area contributed by atoms with Crippen LogP contribution >= 0.6 is 0 Å². The van der Waals surface area contributed by atoms with Gasteiger partial charge in [0, 0.05) is 19.3 Å². The minimum atomic E-state index is -0.802. The zero-order chi connectivity index (χ0) is 11.3. The van der Waals surface area contributed by atoms with Crippen LogP contribution in [0.3, 0.4) is 0 Å². The summed E-state index contributed by atoms with van der Waals surface area (Å²) in [5.41, 5.74) is 0. The van der Waals surface area contributed by atoms with Crippen molar-refractivity contribution in [2.24, 2.45) is 11.8 Å². The number of carboxylic acids is 1. The number of aliphatic carboxylic acids is 1. The standard InChI is InChI=1S/C12H18O3/c1-2-3-4-5-9-6-11(13)7-10(9)8-12(14)15/h4-5,9-10H,2-3,6-8H2,1H3,(H,14,15)/b5-4-. The van der Waals surface area contributed by atoms with Crippen LogP contribution in [-0.2, 0) is 9.59 Å². The maximum absolute atomic E-state index is 11.3. The number of carbonyl (C=O) groups is 2. The molecular formula is C12H18O3. The molecule has 0 aromatic rings. The largest absolute Gasteiger partial charge is 0.481 e. The van der Waals surface area contributed by atoms with Crippen LogP contribution in [0.15, 0.2) is 12.2 Å². The van der Waals surface area contributed by atoms with Crippen molar-refractivity contribution in [3.63, 3.8) is 0 Å². The quantitative estimate of drug-likeness (QED) is 0.709. The number of hydrogen-bond acceptors (Lipinski definition) is 2. The second-order valence-electron chi connectivity index (χ2n) is 4.19. The molecule has 0 spiro atoms. The Labute approximate surface area is 90.2 Å². The van der Waals surface area contributed by atoms with Gasteiger partial charge in [0.25, 0.3) is 0 Å². The molecule has 1 saturated carbocycles. The Kier molecular flexibility index (Phi) is 4.53. The molecule has 0 radical (unpaired) electrons. The van der Waals surface area contributed by atoms with Crippen molar-refractivity contribution in [1.29, 1.82) is 0 Å². The molecule has 0 aromatic heterocycles. The van der Waals surface area contributed by atoms with Crippen LogP contribution in [0.25, 0.3) is 0 Å². The third-order valence-corrected chi connectivity index (χ3v) is 2.83. The molecule has 0 aliphatic heterocycles. The van der Waals surface area contributed by atoms with Crippen LogP contribution in [-0.4, -0.2) is 16.9 Å². The summed E-state index contributed by atoms with van der Waals surface area (Å²) < 4.78 is 0. The van der Waals surface area contributed by atoms with Gasteiger partial charge in [-0.25, -0.2) is 0 Å². The summed E-state index contributed by atoms with van der Waals surface area (Å²) in [5.74, 6) is -0.431. The van der Waals surface area contributed by atoms with E-state index in [0.717, 1.165) is 12.8 Å². The average molecular weight is 210 g/mol. The third-order valence-electron chi connectivity index (χ3n) is 2.83. The SMILES string of the molecule is CCC/C=C\C1CC(=O)CC1CC(=O)O. The lowest BCUT2D eigenvalue weighted by atomic mass is 9.92. The minimum Gasteiger partial charge on any atom is -0.481 e. The third kappa shape index (κ3) is 3.86. The number of hydrogen-bond donors (Lipinski definition) is 1. The smallest absolute Gasteiger partial charge is 0.303 e. The molecule has 3 heteroatoms. The van der Waals surface area contributed by atoms with Crippen molar-refractivity contribution in [3.05, 3.63) is 12.2 Å².